The minimum Gasteiger partial charge on any atom is -0.481 e. The highest BCUT2D eigenvalue weighted by molar-refractivity contribution is 5.89. The molecular weight excluding hydrogens is 244 g/mol. The summed E-state index contributed by atoms with van der Waals surface area (Å²) in [4.78, 5) is 29.2. The summed E-state index contributed by atoms with van der Waals surface area (Å²) in [5.74, 6) is -0.811. The van der Waals surface area contributed by atoms with Gasteiger partial charge in [0.15, 0.2) is 0 Å². The van der Waals surface area contributed by atoms with Crippen LogP contribution in [0.25, 0.3) is 0 Å². The van der Waals surface area contributed by atoms with Crippen LogP contribution in [0.5, 0.6) is 11.8 Å². The molecule has 9 nitrogen and oxygen atoms in total. The monoisotopic (exact) mass is 256 g/mol. The van der Waals surface area contributed by atoms with Gasteiger partial charge in [0.05, 0.1) is 20.3 Å². The number of nitrogens with zero attached hydrogens (tertiary/aromatic N) is 2. The Morgan fingerprint density at radius 1 is 1.28 bits per heavy atom. The van der Waals surface area contributed by atoms with Crippen molar-refractivity contribution in [2.45, 2.75) is 0 Å². The molecule has 1 rings (SSSR count). The summed E-state index contributed by atoms with van der Waals surface area (Å²) in [6.07, 6.45) is 0. The molecule has 18 heavy (non-hydrogen) atoms. The van der Waals surface area contributed by atoms with E-state index in [9.17, 15) is 9.59 Å². The minimum atomic E-state index is -1.16. The van der Waals surface area contributed by atoms with Crippen LogP contribution in [0, 0.1) is 0 Å². The first-order valence-corrected chi connectivity index (χ1v) is 4.79. The lowest BCUT2D eigenvalue weighted by atomic mass is 10.6. The van der Waals surface area contributed by atoms with Gasteiger partial charge in [0.1, 0.15) is 6.54 Å². The Morgan fingerprint density at radius 2 is 1.83 bits per heavy atom. The van der Waals surface area contributed by atoms with Gasteiger partial charge in [0, 0.05) is 0 Å². The SMILES string of the molecule is COc1cc(OC)nc(NC(=O)NCC(=O)O)n1. The quantitative estimate of drug-likeness (QED) is 0.660. The zero-order valence-electron chi connectivity index (χ0n) is 9.76. The number of carbonyl (C=O) groups is 2. The number of hydrogen-bond donors (Lipinski definition) is 3. The maximum absolute atomic E-state index is 11.3. The van der Waals surface area contributed by atoms with Gasteiger partial charge >= 0.3 is 12.0 Å². The fraction of sp³-hybridized carbons (Fsp3) is 0.333. The predicted molar refractivity (Wildman–Crippen MR) is 59.8 cm³/mol. The second kappa shape index (κ2) is 6.23. The number of nitrogens with one attached hydrogen (secondary N) is 2. The molecule has 3 N–H and O–H groups in total. The second-order valence-corrected chi connectivity index (χ2v) is 2.98. The number of methoxy groups -OCH3 is 2. The minimum absolute atomic E-state index is 0.0610. The van der Waals surface area contributed by atoms with Crippen LogP contribution in [0.15, 0.2) is 6.07 Å². The first kappa shape index (κ1) is 13.5. The Bertz CT molecular complexity index is 428. The molecule has 0 bridgehead atoms. The van der Waals surface area contributed by atoms with Crippen LogP contribution in [-0.4, -0.2) is 47.8 Å². The van der Waals surface area contributed by atoms with Crippen molar-refractivity contribution in [2.24, 2.45) is 0 Å². The first-order chi connectivity index (χ1) is 8.55. The van der Waals surface area contributed by atoms with E-state index in [0.717, 1.165) is 0 Å². The maximum atomic E-state index is 11.3. The first-order valence-electron chi connectivity index (χ1n) is 4.79. The molecule has 0 spiro atoms. The summed E-state index contributed by atoms with van der Waals surface area (Å²) in [6.45, 7) is -0.507. The second-order valence-electron chi connectivity index (χ2n) is 2.98. The average molecular weight is 256 g/mol. The number of anilines is 1. The van der Waals surface area contributed by atoms with E-state index in [-0.39, 0.29) is 17.7 Å². The molecule has 1 heterocycles. The molecule has 1 aromatic heterocycles. The van der Waals surface area contributed by atoms with Gasteiger partial charge in [-0.05, 0) is 0 Å². The number of carbonyl (C=O) groups excluding carboxylic acids is 1. The highest BCUT2D eigenvalue weighted by atomic mass is 16.5. The highest BCUT2D eigenvalue weighted by Gasteiger charge is 2.09. The highest BCUT2D eigenvalue weighted by Crippen LogP contribution is 2.16. The van der Waals surface area contributed by atoms with E-state index in [4.69, 9.17) is 14.6 Å². The topological polar surface area (TPSA) is 123 Å². The van der Waals surface area contributed by atoms with Crippen LogP contribution >= 0.6 is 0 Å². The van der Waals surface area contributed by atoms with E-state index in [1.54, 1.807) is 0 Å². The van der Waals surface area contributed by atoms with Crippen LogP contribution in [-0.2, 0) is 4.79 Å². The van der Waals surface area contributed by atoms with Gasteiger partial charge in [-0.1, -0.05) is 0 Å². The molecule has 0 aromatic carbocycles. The third kappa shape index (κ3) is 4.12. The fourth-order valence-corrected chi connectivity index (χ4v) is 0.971. The molecule has 0 fully saturated rings. The molecule has 2 amide bonds. The number of aromatic nitrogens is 2. The average Bonchev–Trinajstić information content (AvgIpc) is 2.35. The fourth-order valence-electron chi connectivity index (χ4n) is 0.971. The number of urea groups is 1. The third-order valence-electron chi connectivity index (χ3n) is 1.72. The summed E-state index contributed by atoms with van der Waals surface area (Å²) in [5.41, 5.74) is 0. The van der Waals surface area contributed by atoms with Crippen LogP contribution in [0.3, 0.4) is 0 Å². The molecule has 0 saturated carbocycles. The summed E-state index contributed by atoms with van der Waals surface area (Å²) in [6, 6.07) is 0.688. The smallest absolute Gasteiger partial charge is 0.323 e. The van der Waals surface area contributed by atoms with Gasteiger partial charge in [0.25, 0.3) is 0 Å². The van der Waals surface area contributed by atoms with Crippen LogP contribution in [0.2, 0.25) is 0 Å². The molecule has 98 valence electrons. The van der Waals surface area contributed by atoms with Gasteiger partial charge < -0.3 is 19.9 Å². The number of hydrogen-bond acceptors (Lipinski definition) is 6. The Morgan fingerprint density at radius 3 is 2.28 bits per heavy atom. The van der Waals surface area contributed by atoms with Gasteiger partial charge in [-0.15, -0.1) is 0 Å². The zero-order valence-corrected chi connectivity index (χ0v) is 9.76. The summed E-state index contributed by atoms with van der Waals surface area (Å²) >= 11 is 0. The summed E-state index contributed by atoms with van der Waals surface area (Å²) < 4.78 is 9.76. The van der Waals surface area contributed by atoms with Crippen molar-refractivity contribution in [3.8, 4) is 11.8 Å². The van der Waals surface area contributed by atoms with Crippen LogP contribution in [0.4, 0.5) is 10.7 Å². The molecular formula is C9H12N4O5. The number of carboxylic acids is 1. The largest absolute Gasteiger partial charge is 0.481 e. The molecule has 0 unspecified atom stereocenters. The van der Waals surface area contributed by atoms with Gasteiger partial charge in [0.2, 0.25) is 17.7 Å². The lowest BCUT2D eigenvalue weighted by Crippen LogP contribution is -2.33. The standard InChI is InChI=1S/C9H12N4O5/c1-17-5-3-6(18-2)12-8(11-5)13-9(16)10-4-7(14)15/h3H,4H2,1-2H3,(H,14,15)(H2,10,11,12,13,16). The lowest BCUT2D eigenvalue weighted by Gasteiger charge is -2.07. The molecule has 0 aliphatic heterocycles. The molecule has 0 aliphatic carbocycles. The molecule has 0 atom stereocenters. The predicted octanol–water partition coefficient (Wildman–Crippen LogP) is -0.300. The molecule has 0 saturated heterocycles. The van der Waals surface area contributed by atoms with Crippen molar-refractivity contribution in [3.63, 3.8) is 0 Å². The Kier molecular flexibility index (Phi) is 4.67. The van der Waals surface area contributed by atoms with Crippen LogP contribution < -0.4 is 20.1 Å². The molecule has 1 aromatic rings. The van der Waals surface area contributed by atoms with Gasteiger partial charge in [-0.3, -0.25) is 10.1 Å². The van der Waals surface area contributed by atoms with E-state index in [1.165, 1.54) is 20.3 Å². The van der Waals surface area contributed by atoms with Crippen molar-refractivity contribution in [2.75, 3.05) is 26.1 Å². The molecule has 0 aliphatic rings. The number of amides is 2. The van der Waals surface area contributed by atoms with E-state index in [2.05, 4.69) is 20.6 Å². The van der Waals surface area contributed by atoms with Crippen molar-refractivity contribution < 1.29 is 24.2 Å². The van der Waals surface area contributed by atoms with Crippen molar-refractivity contribution in [3.05, 3.63) is 6.07 Å². The molecule has 9 heteroatoms. The Hall–Kier alpha value is -2.58. The number of aliphatic carboxylic acids is 1. The van der Waals surface area contributed by atoms with Gasteiger partial charge in [-0.25, -0.2) is 4.79 Å². The van der Waals surface area contributed by atoms with E-state index >= 15 is 0 Å². The van der Waals surface area contributed by atoms with Crippen LogP contribution in [0.1, 0.15) is 0 Å². The summed E-state index contributed by atoms with van der Waals surface area (Å²) in [5, 5.41) is 12.7. The normalized spacial score (nSPS) is 9.44. The number of carboxylic acid groups (broad SMARTS) is 1. The summed E-state index contributed by atoms with van der Waals surface area (Å²) in [7, 11) is 2.80. The number of rotatable bonds is 5. The van der Waals surface area contributed by atoms with E-state index < -0.39 is 18.5 Å². The Labute approximate surface area is 102 Å². The van der Waals surface area contributed by atoms with Crippen molar-refractivity contribution in [1.29, 1.82) is 0 Å². The van der Waals surface area contributed by atoms with E-state index in [0.29, 0.717) is 0 Å². The maximum Gasteiger partial charge on any atom is 0.323 e. The van der Waals surface area contributed by atoms with E-state index in [1.807, 2.05) is 0 Å². The number of ether oxygens (including phenoxy) is 2. The Balaban J connectivity index is 2.71. The van der Waals surface area contributed by atoms with Crippen molar-refractivity contribution in [1.82, 2.24) is 15.3 Å². The molecule has 0 radical (unpaired) electrons. The third-order valence-corrected chi connectivity index (χ3v) is 1.72. The zero-order chi connectivity index (χ0) is 13.5. The lowest BCUT2D eigenvalue weighted by molar-refractivity contribution is -0.135. The van der Waals surface area contributed by atoms with Crippen molar-refractivity contribution >= 4 is 17.9 Å². The van der Waals surface area contributed by atoms with Gasteiger partial charge in [-0.2, -0.15) is 9.97 Å².